The van der Waals surface area contributed by atoms with E-state index in [0.717, 1.165) is 18.4 Å². The molecule has 0 radical (unpaired) electrons. The van der Waals surface area contributed by atoms with Crippen LogP contribution in [0.15, 0.2) is 34.4 Å². The fraction of sp³-hybridized carbons (Fsp3) is 0.389. The van der Waals surface area contributed by atoms with Crippen LogP contribution in [-0.2, 0) is 16.8 Å². The normalized spacial score (nSPS) is 16.9. The Labute approximate surface area is 169 Å². The molecule has 1 aliphatic rings. The Balaban J connectivity index is 1.87. The smallest absolute Gasteiger partial charge is 0.324 e. The van der Waals surface area contributed by atoms with E-state index in [-0.39, 0.29) is 22.5 Å². The average Bonchev–Trinajstić information content (AvgIpc) is 3.45. The number of nitrogens with one attached hydrogen (secondary N) is 1. The average molecular weight is 442 g/mol. The van der Waals surface area contributed by atoms with Crippen LogP contribution in [0.2, 0.25) is 0 Å². The molecule has 1 N–H and O–H groups in total. The van der Waals surface area contributed by atoms with Gasteiger partial charge in [-0.05, 0) is 36.5 Å². The summed E-state index contributed by atoms with van der Waals surface area (Å²) in [5.41, 5.74) is -2.31. The number of nitrogens with zero attached hydrogens (tertiary/aromatic N) is 4. The third-order valence-corrected chi connectivity index (χ3v) is 7.36. The first-order valence-corrected chi connectivity index (χ1v) is 11.5. The SMILES string of the molecule is CCS(=N)(=O)c1cc(C2CC2)cnc1-c1nc2cc(SC(F)(F)F)ncc2n1C. The van der Waals surface area contributed by atoms with Gasteiger partial charge in [-0.25, -0.2) is 19.0 Å². The molecule has 0 bridgehead atoms. The van der Waals surface area contributed by atoms with Gasteiger partial charge in [0.25, 0.3) is 0 Å². The van der Waals surface area contributed by atoms with Gasteiger partial charge in [0.05, 0.1) is 31.9 Å². The number of imidazole rings is 1. The number of halogens is 3. The zero-order valence-electron chi connectivity index (χ0n) is 15.7. The van der Waals surface area contributed by atoms with E-state index in [2.05, 4.69) is 15.0 Å². The molecule has 3 aromatic heterocycles. The van der Waals surface area contributed by atoms with Crippen LogP contribution >= 0.6 is 11.8 Å². The Kier molecular flexibility index (Phi) is 4.85. The molecule has 1 saturated carbocycles. The van der Waals surface area contributed by atoms with Crippen molar-refractivity contribution >= 4 is 32.5 Å². The van der Waals surface area contributed by atoms with Crippen LogP contribution in [0.3, 0.4) is 0 Å². The Morgan fingerprint density at radius 3 is 2.62 bits per heavy atom. The van der Waals surface area contributed by atoms with Gasteiger partial charge < -0.3 is 4.57 Å². The first-order valence-electron chi connectivity index (χ1n) is 8.94. The van der Waals surface area contributed by atoms with Gasteiger partial charge in [-0.2, -0.15) is 13.2 Å². The number of aryl methyl sites for hydroxylation is 1. The first kappa shape index (κ1) is 20.1. The van der Waals surface area contributed by atoms with Crippen molar-refractivity contribution in [2.24, 2.45) is 7.05 Å². The minimum atomic E-state index is -4.44. The summed E-state index contributed by atoms with van der Waals surface area (Å²) < 4.78 is 60.9. The van der Waals surface area contributed by atoms with Crippen molar-refractivity contribution in [3.8, 4) is 11.5 Å². The van der Waals surface area contributed by atoms with E-state index < -0.39 is 15.2 Å². The van der Waals surface area contributed by atoms with Crippen LogP contribution in [0, 0.1) is 4.78 Å². The predicted octanol–water partition coefficient (Wildman–Crippen LogP) is 4.95. The Hall–Kier alpha value is -2.14. The van der Waals surface area contributed by atoms with Crippen molar-refractivity contribution in [3.63, 3.8) is 0 Å². The van der Waals surface area contributed by atoms with E-state index in [9.17, 15) is 17.4 Å². The molecule has 3 heterocycles. The van der Waals surface area contributed by atoms with Crippen LogP contribution in [-0.4, -0.2) is 35.0 Å². The monoisotopic (exact) mass is 441 g/mol. The highest BCUT2D eigenvalue weighted by Gasteiger charge is 2.31. The number of fused-ring (bicyclic) bond motifs is 1. The highest BCUT2D eigenvalue weighted by molar-refractivity contribution is 8.00. The number of aromatic nitrogens is 4. The maximum absolute atomic E-state index is 12.9. The maximum Gasteiger partial charge on any atom is 0.447 e. The molecule has 11 heteroatoms. The van der Waals surface area contributed by atoms with Crippen LogP contribution in [0.5, 0.6) is 0 Å². The highest BCUT2D eigenvalue weighted by atomic mass is 32.2. The number of alkyl halides is 3. The van der Waals surface area contributed by atoms with Gasteiger partial charge in [-0.3, -0.25) is 4.98 Å². The number of hydrogen-bond acceptors (Lipinski definition) is 6. The van der Waals surface area contributed by atoms with Gasteiger partial charge in [0, 0.05) is 30.8 Å². The molecule has 1 fully saturated rings. The lowest BCUT2D eigenvalue weighted by Crippen LogP contribution is -2.08. The summed E-state index contributed by atoms with van der Waals surface area (Å²) in [5.74, 6) is 0.865. The molecule has 3 aromatic rings. The lowest BCUT2D eigenvalue weighted by molar-refractivity contribution is -0.0329. The lowest BCUT2D eigenvalue weighted by Gasteiger charge is -2.12. The molecular weight excluding hydrogens is 423 g/mol. The zero-order chi connectivity index (χ0) is 21.0. The quantitative estimate of drug-likeness (QED) is 0.567. The van der Waals surface area contributed by atoms with Gasteiger partial charge in [-0.1, -0.05) is 6.92 Å². The first-order chi connectivity index (χ1) is 13.6. The second-order valence-electron chi connectivity index (χ2n) is 6.91. The van der Waals surface area contributed by atoms with E-state index in [1.807, 2.05) is 0 Å². The summed E-state index contributed by atoms with van der Waals surface area (Å²) in [6.07, 6.45) is 5.13. The fourth-order valence-corrected chi connectivity index (χ4v) is 4.74. The number of thioether (sulfide) groups is 1. The summed E-state index contributed by atoms with van der Waals surface area (Å²) in [6, 6.07) is 3.05. The number of rotatable bonds is 5. The Morgan fingerprint density at radius 2 is 2.00 bits per heavy atom. The van der Waals surface area contributed by atoms with Crippen LogP contribution in [0.25, 0.3) is 22.6 Å². The van der Waals surface area contributed by atoms with Crippen molar-refractivity contribution in [1.82, 2.24) is 19.5 Å². The van der Waals surface area contributed by atoms with Crippen molar-refractivity contribution in [2.75, 3.05) is 5.75 Å². The predicted molar refractivity (Wildman–Crippen MR) is 105 cm³/mol. The topological polar surface area (TPSA) is 84.5 Å². The van der Waals surface area contributed by atoms with Gasteiger partial charge >= 0.3 is 5.51 Å². The van der Waals surface area contributed by atoms with Gasteiger partial charge in [0.1, 0.15) is 10.7 Å². The summed E-state index contributed by atoms with van der Waals surface area (Å²) in [7, 11) is -1.38. The fourth-order valence-electron chi connectivity index (χ4n) is 3.13. The molecule has 1 atom stereocenters. The van der Waals surface area contributed by atoms with Crippen molar-refractivity contribution < 1.29 is 17.4 Å². The molecule has 154 valence electrons. The molecule has 0 amide bonds. The van der Waals surface area contributed by atoms with Crippen molar-refractivity contribution in [3.05, 3.63) is 30.1 Å². The number of pyridine rings is 2. The third kappa shape index (κ3) is 3.97. The zero-order valence-corrected chi connectivity index (χ0v) is 17.3. The lowest BCUT2D eigenvalue weighted by atomic mass is 10.2. The summed E-state index contributed by atoms with van der Waals surface area (Å²) in [4.78, 5) is 13.1. The molecule has 0 spiro atoms. The van der Waals surface area contributed by atoms with Crippen LogP contribution in [0.4, 0.5) is 13.2 Å². The summed E-state index contributed by atoms with van der Waals surface area (Å²) in [6.45, 7) is 1.68. The van der Waals surface area contributed by atoms with Crippen molar-refractivity contribution in [2.45, 2.75) is 41.1 Å². The minimum absolute atomic E-state index is 0.133. The standard InChI is InChI=1S/C18H18F3N5OS2/c1-3-29(22,27)14-6-11(10-4-5-10)8-24-16(14)17-25-12-7-15(28-18(19,20)21)23-9-13(12)26(17)2/h6-10,22H,3-5H2,1-2H3. The van der Waals surface area contributed by atoms with E-state index in [1.165, 1.54) is 12.3 Å². The second-order valence-corrected chi connectivity index (χ2v) is 10.4. The molecule has 4 rings (SSSR count). The second kappa shape index (κ2) is 6.98. The van der Waals surface area contributed by atoms with Gasteiger partial charge in [-0.15, -0.1) is 0 Å². The summed E-state index contributed by atoms with van der Waals surface area (Å²) in [5, 5.41) is -0.204. The maximum atomic E-state index is 12.9. The Morgan fingerprint density at radius 1 is 1.28 bits per heavy atom. The largest absolute Gasteiger partial charge is 0.447 e. The number of hydrogen-bond donors (Lipinski definition) is 1. The molecule has 0 aromatic carbocycles. The Bertz CT molecular complexity index is 1200. The molecule has 6 nitrogen and oxygen atoms in total. The highest BCUT2D eigenvalue weighted by Crippen LogP contribution is 2.42. The van der Waals surface area contributed by atoms with Gasteiger partial charge in [0.2, 0.25) is 0 Å². The van der Waals surface area contributed by atoms with E-state index in [4.69, 9.17) is 4.78 Å². The van der Waals surface area contributed by atoms with Crippen LogP contribution in [0.1, 0.15) is 31.2 Å². The third-order valence-electron chi connectivity index (χ3n) is 4.86. The van der Waals surface area contributed by atoms with E-state index in [0.29, 0.717) is 33.4 Å². The molecule has 0 saturated heterocycles. The van der Waals surface area contributed by atoms with Crippen molar-refractivity contribution in [1.29, 1.82) is 4.78 Å². The molecule has 0 aliphatic heterocycles. The molecule has 1 unspecified atom stereocenters. The minimum Gasteiger partial charge on any atom is -0.324 e. The molecule has 1 aliphatic carbocycles. The molecular formula is C18H18F3N5OS2. The van der Waals surface area contributed by atoms with E-state index >= 15 is 0 Å². The molecule has 29 heavy (non-hydrogen) atoms. The summed E-state index contributed by atoms with van der Waals surface area (Å²) >= 11 is -0.302. The van der Waals surface area contributed by atoms with Crippen LogP contribution < -0.4 is 0 Å². The van der Waals surface area contributed by atoms with E-state index in [1.54, 1.807) is 30.8 Å². The van der Waals surface area contributed by atoms with Gasteiger partial charge in [0.15, 0.2) is 5.82 Å².